The zero-order valence-corrected chi connectivity index (χ0v) is 11.9. The van der Waals surface area contributed by atoms with Crippen molar-refractivity contribution in [2.24, 2.45) is 0 Å². The topological polar surface area (TPSA) is 25.4 Å². The number of ether oxygens (including phenoxy) is 1. The Labute approximate surface area is 114 Å². The molecule has 4 heteroatoms. The molecule has 1 unspecified atom stereocenters. The number of nitrogens with zero attached hydrogens (tertiary/aromatic N) is 2. The minimum atomic E-state index is 0.324. The molecule has 100 valence electrons. The summed E-state index contributed by atoms with van der Waals surface area (Å²) in [5, 5.41) is 0. The standard InChI is InChI=1S/C14H21ClN2O/c1-3-12-7-11(9-15)8-14(16-12)17-6-4-5-13(10-17)18-2/h7-8,13H,3-6,9-10H2,1-2H3. The highest BCUT2D eigenvalue weighted by Gasteiger charge is 2.20. The molecule has 0 aliphatic carbocycles. The van der Waals surface area contributed by atoms with Crippen LogP contribution in [-0.2, 0) is 17.0 Å². The number of aromatic nitrogens is 1. The molecule has 18 heavy (non-hydrogen) atoms. The van der Waals surface area contributed by atoms with Gasteiger partial charge in [-0.05, 0) is 37.0 Å². The van der Waals surface area contributed by atoms with Gasteiger partial charge in [0.2, 0.25) is 0 Å². The molecule has 1 saturated heterocycles. The Balaban J connectivity index is 2.20. The third-order valence-corrected chi connectivity index (χ3v) is 3.79. The van der Waals surface area contributed by atoms with Gasteiger partial charge in [0.1, 0.15) is 5.82 Å². The maximum absolute atomic E-state index is 5.95. The fraction of sp³-hybridized carbons (Fsp3) is 0.643. The van der Waals surface area contributed by atoms with E-state index in [0.29, 0.717) is 12.0 Å². The second kappa shape index (κ2) is 6.39. The maximum atomic E-state index is 5.95. The lowest BCUT2D eigenvalue weighted by atomic mass is 10.1. The van der Waals surface area contributed by atoms with Crippen LogP contribution in [0, 0.1) is 0 Å². The smallest absolute Gasteiger partial charge is 0.129 e. The van der Waals surface area contributed by atoms with Crippen LogP contribution in [0.15, 0.2) is 12.1 Å². The summed E-state index contributed by atoms with van der Waals surface area (Å²) in [4.78, 5) is 7.02. The third-order valence-electron chi connectivity index (χ3n) is 3.48. The fourth-order valence-corrected chi connectivity index (χ4v) is 2.55. The van der Waals surface area contributed by atoms with Gasteiger partial charge in [0.15, 0.2) is 0 Å². The molecule has 0 aromatic carbocycles. The molecule has 2 rings (SSSR count). The molecule has 0 amide bonds. The monoisotopic (exact) mass is 268 g/mol. The van der Waals surface area contributed by atoms with Gasteiger partial charge in [-0.3, -0.25) is 0 Å². The summed E-state index contributed by atoms with van der Waals surface area (Å²) in [5.41, 5.74) is 2.26. The summed E-state index contributed by atoms with van der Waals surface area (Å²) in [5.74, 6) is 1.59. The van der Waals surface area contributed by atoms with Crippen molar-refractivity contribution in [3.63, 3.8) is 0 Å². The van der Waals surface area contributed by atoms with E-state index < -0.39 is 0 Å². The van der Waals surface area contributed by atoms with E-state index in [1.165, 1.54) is 0 Å². The first-order valence-corrected chi connectivity index (χ1v) is 7.13. The quantitative estimate of drug-likeness (QED) is 0.785. The summed E-state index contributed by atoms with van der Waals surface area (Å²) in [6.07, 6.45) is 3.57. The van der Waals surface area contributed by atoms with Crippen molar-refractivity contribution >= 4 is 17.4 Å². The van der Waals surface area contributed by atoms with Crippen molar-refractivity contribution < 1.29 is 4.74 Å². The molecule has 1 aliphatic rings. The molecule has 0 radical (unpaired) electrons. The number of anilines is 1. The molecule has 0 spiro atoms. The Morgan fingerprint density at radius 2 is 2.33 bits per heavy atom. The molecule has 0 saturated carbocycles. The Morgan fingerprint density at radius 3 is 3.00 bits per heavy atom. The summed E-state index contributed by atoms with van der Waals surface area (Å²) >= 11 is 5.95. The second-order valence-electron chi connectivity index (χ2n) is 4.76. The van der Waals surface area contributed by atoms with E-state index in [9.17, 15) is 0 Å². The highest BCUT2D eigenvalue weighted by molar-refractivity contribution is 6.17. The van der Waals surface area contributed by atoms with Crippen molar-refractivity contribution in [1.29, 1.82) is 0 Å². The van der Waals surface area contributed by atoms with Gasteiger partial charge in [0.05, 0.1) is 6.10 Å². The van der Waals surface area contributed by atoms with Crippen molar-refractivity contribution in [3.05, 3.63) is 23.4 Å². The number of halogens is 1. The number of pyridine rings is 1. The van der Waals surface area contributed by atoms with E-state index >= 15 is 0 Å². The number of hydrogen-bond donors (Lipinski definition) is 0. The fourth-order valence-electron chi connectivity index (χ4n) is 2.39. The van der Waals surface area contributed by atoms with Crippen LogP contribution in [0.4, 0.5) is 5.82 Å². The van der Waals surface area contributed by atoms with Crippen LogP contribution in [0.2, 0.25) is 0 Å². The minimum Gasteiger partial charge on any atom is -0.380 e. The Kier molecular flexibility index (Phi) is 4.84. The molecular formula is C14H21ClN2O. The first-order chi connectivity index (χ1) is 8.76. The summed E-state index contributed by atoms with van der Waals surface area (Å²) < 4.78 is 5.46. The van der Waals surface area contributed by atoms with Crippen LogP contribution in [0.3, 0.4) is 0 Å². The third kappa shape index (κ3) is 3.15. The van der Waals surface area contributed by atoms with Gasteiger partial charge in [-0.1, -0.05) is 6.92 Å². The molecule has 0 N–H and O–H groups in total. The molecule has 1 aromatic rings. The number of aryl methyl sites for hydroxylation is 1. The van der Waals surface area contributed by atoms with Gasteiger partial charge in [-0.25, -0.2) is 4.98 Å². The Bertz CT molecular complexity index is 375. The zero-order chi connectivity index (χ0) is 13.0. The predicted octanol–water partition coefficient (Wildman–Crippen LogP) is 3.00. The van der Waals surface area contributed by atoms with Gasteiger partial charge in [-0.15, -0.1) is 11.6 Å². The van der Waals surface area contributed by atoms with Crippen molar-refractivity contribution in [2.75, 3.05) is 25.1 Å². The predicted molar refractivity (Wildman–Crippen MR) is 75.4 cm³/mol. The molecule has 1 fully saturated rings. The van der Waals surface area contributed by atoms with Crippen molar-refractivity contribution in [3.8, 4) is 0 Å². The first-order valence-electron chi connectivity index (χ1n) is 6.60. The van der Waals surface area contributed by atoms with E-state index in [1.807, 2.05) is 0 Å². The van der Waals surface area contributed by atoms with E-state index in [4.69, 9.17) is 21.3 Å². The van der Waals surface area contributed by atoms with Crippen LogP contribution < -0.4 is 4.90 Å². The molecular weight excluding hydrogens is 248 g/mol. The Morgan fingerprint density at radius 1 is 1.50 bits per heavy atom. The number of rotatable bonds is 4. The lowest BCUT2D eigenvalue weighted by molar-refractivity contribution is 0.0891. The number of alkyl halides is 1. The number of piperidine rings is 1. The Hall–Kier alpha value is -0.800. The van der Waals surface area contributed by atoms with Gasteiger partial charge in [0, 0.05) is 31.8 Å². The van der Waals surface area contributed by atoms with Gasteiger partial charge in [-0.2, -0.15) is 0 Å². The number of methoxy groups -OCH3 is 1. The molecule has 1 aliphatic heterocycles. The molecule has 1 aromatic heterocycles. The largest absolute Gasteiger partial charge is 0.380 e. The lowest BCUT2D eigenvalue weighted by Gasteiger charge is -2.33. The van der Waals surface area contributed by atoms with Gasteiger partial charge in [0.25, 0.3) is 0 Å². The highest BCUT2D eigenvalue weighted by Crippen LogP contribution is 2.22. The minimum absolute atomic E-state index is 0.324. The van der Waals surface area contributed by atoms with Crippen LogP contribution in [0.25, 0.3) is 0 Å². The molecule has 0 bridgehead atoms. The van der Waals surface area contributed by atoms with Crippen molar-refractivity contribution in [1.82, 2.24) is 4.98 Å². The molecule has 1 atom stereocenters. The van der Waals surface area contributed by atoms with E-state index in [0.717, 1.165) is 49.4 Å². The summed E-state index contributed by atoms with van der Waals surface area (Å²) in [6, 6.07) is 4.19. The van der Waals surface area contributed by atoms with E-state index in [1.54, 1.807) is 7.11 Å². The normalized spacial score (nSPS) is 20.2. The first kappa shape index (κ1) is 13.6. The second-order valence-corrected chi connectivity index (χ2v) is 5.03. The molecule has 2 heterocycles. The van der Waals surface area contributed by atoms with Crippen LogP contribution in [-0.4, -0.2) is 31.3 Å². The van der Waals surface area contributed by atoms with E-state index in [-0.39, 0.29) is 0 Å². The average molecular weight is 269 g/mol. The van der Waals surface area contributed by atoms with Gasteiger partial charge >= 0.3 is 0 Å². The van der Waals surface area contributed by atoms with Crippen LogP contribution >= 0.6 is 11.6 Å². The van der Waals surface area contributed by atoms with Crippen molar-refractivity contribution in [2.45, 2.75) is 38.2 Å². The summed E-state index contributed by atoms with van der Waals surface area (Å²) in [7, 11) is 1.79. The van der Waals surface area contributed by atoms with Crippen LogP contribution in [0.1, 0.15) is 31.0 Å². The maximum Gasteiger partial charge on any atom is 0.129 e. The SMILES string of the molecule is CCc1cc(CCl)cc(N2CCCC(OC)C2)n1. The molecule has 3 nitrogen and oxygen atoms in total. The lowest BCUT2D eigenvalue weighted by Crippen LogP contribution is -2.39. The van der Waals surface area contributed by atoms with E-state index in [2.05, 4.69) is 24.0 Å². The summed E-state index contributed by atoms with van der Waals surface area (Å²) in [6.45, 7) is 4.11. The average Bonchev–Trinajstić information content (AvgIpc) is 2.46. The van der Waals surface area contributed by atoms with Crippen LogP contribution in [0.5, 0.6) is 0 Å². The zero-order valence-electron chi connectivity index (χ0n) is 11.2. The highest BCUT2D eigenvalue weighted by atomic mass is 35.5. The number of hydrogen-bond acceptors (Lipinski definition) is 3. The van der Waals surface area contributed by atoms with Gasteiger partial charge < -0.3 is 9.64 Å².